The zero-order chi connectivity index (χ0) is 19.7. The third kappa shape index (κ3) is 3.83. The second kappa shape index (κ2) is 8.10. The van der Waals surface area contributed by atoms with Crippen LogP contribution in [-0.4, -0.2) is 66.6 Å². The van der Waals surface area contributed by atoms with Crippen molar-refractivity contribution >= 4 is 21.1 Å². The summed E-state index contributed by atoms with van der Waals surface area (Å²) in [5.74, 6) is 1.74. The fourth-order valence-corrected chi connectivity index (χ4v) is 5.79. The number of ether oxygens (including phenoxy) is 1. The molecule has 2 aliphatic rings. The number of hydrogen-bond acceptors (Lipinski definition) is 5. The van der Waals surface area contributed by atoms with Crippen LogP contribution in [0.1, 0.15) is 32.5 Å². The summed E-state index contributed by atoms with van der Waals surface area (Å²) >= 11 is 0. The molecule has 0 bridgehead atoms. The Hall–Kier alpha value is -1.48. The molecule has 1 atom stereocenters. The van der Waals surface area contributed by atoms with Crippen molar-refractivity contribution in [3.63, 3.8) is 0 Å². The number of likely N-dealkylation sites (tertiary alicyclic amines) is 1. The highest BCUT2D eigenvalue weighted by Gasteiger charge is 2.27. The Morgan fingerprint density at radius 3 is 2.71 bits per heavy atom. The van der Waals surface area contributed by atoms with Crippen molar-refractivity contribution in [3.8, 4) is 0 Å². The molecule has 1 unspecified atom stereocenters. The van der Waals surface area contributed by atoms with Crippen LogP contribution in [0.2, 0.25) is 0 Å². The molecule has 154 valence electrons. The van der Waals surface area contributed by atoms with Gasteiger partial charge in [-0.1, -0.05) is 6.92 Å². The SMILES string of the molecule is CCn1c(CN2CCCC(C)C2)nc2cc(S(=O)(=O)N3CCOCC3)ccc21. The molecule has 0 amide bonds. The van der Waals surface area contributed by atoms with E-state index in [2.05, 4.69) is 23.3 Å². The van der Waals surface area contributed by atoms with Gasteiger partial charge in [0.05, 0.1) is 35.7 Å². The first-order valence-corrected chi connectivity index (χ1v) is 11.7. The molecule has 4 rings (SSSR count). The predicted octanol–water partition coefficient (Wildman–Crippen LogP) is 2.31. The molecule has 2 fully saturated rings. The lowest BCUT2D eigenvalue weighted by Gasteiger charge is -2.30. The number of benzene rings is 1. The summed E-state index contributed by atoms with van der Waals surface area (Å²) in [4.78, 5) is 7.62. The van der Waals surface area contributed by atoms with Crippen LogP contribution in [0.3, 0.4) is 0 Å². The fraction of sp³-hybridized carbons (Fsp3) is 0.650. The van der Waals surface area contributed by atoms with Crippen molar-refractivity contribution in [3.05, 3.63) is 24.0 Å². The molecule has 0 N–H and O–H groups in total. The molecule has 0 saturated carbocycles. The molecule has 0 aliphatic carbocycles. The predicted molar refractivity (Wildman–Crippen MR) is 109 cm³/mol. The molecular weight excluding hydrogens is 376 g/mol. The fourth-order valence-electron chi connectivity index (χ4n) is 4.36. The summed E-state index contributed by atoms with van der Waals surface area (Å²) < 4.78 is 34.9. The topological polar surface area (TPSA) is 67.7 Å². The van der Waals surface area contributed by atoms with Crippen LogP contribution in [0.5, 0.6) is 0 Å². The number of sulfonamides is 1. The number of piperidine rings is 1. The Bertz CT molecular complexity index is 934. The van der Waals surface area contributed by atoms with Crippen molar-refractivity contribution < 1.29 is 13.2 Å². The van der Waals surface area contributed by atoms with E-state index >= 15 is 0 Å². The average molecular weight is 407 g/mol. The van der Waals surface area contributed by atoms with Gasteiger partial charge in [-0.25, -0.2) is 13.4 Å². The van der Waals surface area contributed by atoms with Gasteiger partial charge in [-0.3, -0.25) is 4.90 Å². The number of hydrogen-bond donors (Lipinski definition) is 0. The van der Waals surface area contributed by atoms with E-state index < -0.39 is 10.0 Å². The highest BCUT2D eigenvalue weighted by Crippen LogP contribution is 2.25. The lowest BCUT2D eigenvalue weighted by Crippen LogP contribution is -2.40. The molecule has 28 heavy (non-hydrogen) atoms. The van der Waals surface area contributed by atoms with E-state index in [0.717, 1.165) is 49.0 Å². The quantitative estimate of drug-likeness (QED) is 0.762. The van der Waals surface area contributed by atoms with Crippen molar-refractivity contribution in [2.45, 2.75) is 44.7 Å². The minimum absolute atomic E-state index is 0.320. The summed E-state index contributed by atoms with van der Waals surface area (Å²) in [5, 5.41) is 0. The van der Waals surface area contributed by atoms with E-state index in [0.29, 0.717) is 31.2 Å². The van der Waals surface area contributed by atoms with Crippen molar-refractivity contribution in [1.29, 1.82) is 0 Å². The summed E-state index contributed by atoms with van der Waals surface area (Å²) in [6.45, 7) is 9.97. The standard InChI is InChI=1S/C20H30N4O3S/c1-3-24-19-7-6-17(28(25,26)23-9-11-27-12-10-23)13-18(19)21-20(24)15-22-8-4-5-16(2)14-22/h6-7,13,16H,3-5,8-12,14-15H2,1-2H3. The first kappa shape index (κ1) is 19.8. The number of aryl methyl sites for hydroxylation is 1. The number of aromatic nitrogens is 2. The number of rotatable bonds is 5. The Labute approximate surface area is 167 Å². The second-order valence-electron chi connectivity index (χ2n) is 7.92. The molecule has 7 nitrogen and oxygen atoms in total. The number of imidazole rings is 1. The normalized spacial score (nSPS) is 22.7. The average Bonchev–Trinajstić information content (AvgIpc) is 3.04. The molecule has 8 heteroatoms. The smallest absolute Gasteiger partial charge is 0.243 e. The minimum atomic E-state index is -3.50. The maximum absolute atomic E-state index is 13.0. The summed E-state index contributed by atoms with van der Waals surface area (Å²) in [5.41, 5.74) is 1.76. The molecule has 3 heterocycles. The van der Waals surface area contributed by atoms with Crippen LogP contribution >= 0.6 is 0 Å². The second-order valence-corrected chi connectivity index (χ2v) is 9.86. The van der Waals surface area contributed by atoms with Crippen LogP contribution in [0.15, 0.2) is 23.1 Å². The zero-order valence-corrected chi connectivity index (χ0v) is 17.6. The van der Waals surface area contributed by atoms with E-state index in [-0.39, 0.29) is 0 Å². The van der Waals surface area contributed by atoms with Gasteiger partial charge in [-0.15, -0.1) is 0 Å². The lowest BCUT2D eigenvalue weighted by atomic mass is 10.0. The maximum atomic E-state index is 13.0. The molecular formula is C20H30N4O3S. The number of fused-ring (bicyclic) bond motifs is 1. The highest BCUT2D eigenvalue weighted by atomic mass is 32.2. The van der Waals surface area contributed by atoms with E-state index in [1.165, 1.54) is 17.1 Å². The highest BCUT2D eigenvalue weighted by molar-refractivity contribution is 7.89. The monoisotopic (exact) mass is 406 g/mol. The van der Waals surface area contributed by atoms with Crippen LogP contribution in [0.25, 0.3) is 11.0 Å². The zero-order valence-electron chi connectivity index (χ0n) is 16.8. The molecule has 1 aromatic heterocycles. The van der Waals surface area contributed by atoms with Gasteiger partial charge in [0.1, 0.15) is 5.82 Å². The Morgan fingerprint density at radius 1 is 1.21 bits per heavy atom. The van der Waals surface area contributed by atoms with Gasteiger partial charge in [-0.05, 0) is 50.4 Å². The van der Waals surface area contributed by atoms with Crippen LogP contribution in [-0.2, 0) is 27.8 Å². The number of nitrogens with zero attached hydrogens (tertiary/aromatic N) is 4. The summed E-state index contributed by atoms with van der Waals surface area (Å²) in [6, 6.07) is 5.35. The largest absolute Gasteiger partial charge is 0.379 e. The third-order valence-electron chi connectivity index (χ3n) is 5.83. The third-order valence-corrected chi connectivity index (χ3v) is 7.72. The van der Waals surface area contributed by atoms with Crippen molar-refractivity contribution in [1.82, 2.24) is 18.8 Å². The van der Waals surface area contributed by atoms with Crippen molar-refractivity contribution in [2.75, 3.05) is 39.4 Å². The molecule has 0 radical (unpaired) electrons. The van der Waals surface area contributed by atoms with Crippen LogP contribution in [0, 0.1) is 5.92 Å². The van der Waals surface area contributed by atoms with E-state index in [4.69, 9.17) is 9.72 Å². The van der Waals surface area contributed by atoms with Crippen molar-refractivity contribution in [2.24, 2.45) is 5.92 Å². The van der Waals surface area contributed by atoms with Gasteiger partial charge in [0.2, 0.25) is 10.0 Å². The molecule has 0 spiro atoms. The van der Waals surface area contributed by atoms with Gasteiger partial charge < -0.3 is 9.30 Å². The van der Waals surface area contributed by atoms with E-state index in [1.807, 2.05) is 6.07 Å². The van der Waals surface area contributed by atoms with Gasteiger partial charge in [0.15, 0.2) is 0 Å². The minimum Gasteiger partial charge on any atom is -0.379 e. The first-order chi connectivity index (χ1) is 13.5. The Balaban J connectivity index is 1.64. The Morgan fingerprint density at radius 2 is 2.00 bits per heavy atom. The molecule has 2 saturated heterocycles. The molecule has 2 aliphatic heterocycles. The van der Waals surface area contributed by atoms with Gasteiger partial charge in [-0.2, -0.15) is 4.31 Å². The molecule has 2 aromatic rings. The molecule has 1 aromatic carbocycles. The summed E-state index contributed by atoms with van der Waals surface area (Å²) in [7, 11) is -3.50. The first-order valence-electron chi connectivity index (χ1n) is 10.3. The van der Waals surface area contributed by atoms with Crippen LogP contribution in [0.4, 0.5) is 0 Å². The van der Waals surface area contributed by atoms with E-state index in [9.17, 15) is 8.42 Å². The Kier molecular flexibility index (Phi) is 5.73. The van der Waals surface area contributed by atoms with Gasteiger partial charge >= 0.3 is 0 Å². The lowest BCUT2D eigenvalue weighted by molar-refractivity contribution is 0.0730. The van der Waals surface area contributed by atoms with Gasteiger partial charge in [0.25, 0.3) is 0 Å². The van der Waals surface area contributed by atoms with Crippen LogP contribution < -0.4 is 0 Å². The van der Waals surface area contributed by atoms with E-state index in [1.54, 1.807) is 12.1 Å². The van der Waals surface area contributed by atoms with Gasteiger partial charge in [0, 0.05) is 26.2 Å². The number of morpholine rings is 1. The summed E-state index contributed by atoms with van der Waals surface area (Å²) in [6.07, 6.45) is 2.53. The maximum Gasteiger partial charge on any atom is 0.243 e.